The van der Waals surface area contributed by atoms with E-state index in [9.17, 15) is 26.4 Å². The summed E-state index contributed by atoms with van der Waals surface area (Å²) < 4.78 is 65.6. The number of sulfonamides is 1. The zero-order chi connectivity index (χ0) is 21.1. The van der Waals surface area contributed by atoms with Gasteiger partial charge >= 0.3 is 6.18 Å². The molecule has 0 aliphatic carbocycles. The molecule has 2 aromatic carbocycles. The van der Waals surface area contributed by atoms with Crippen LogP contribution in [0.1, 0.15) is 15.9 Å². The van der Waals surface area contributed by atoms with Crippen molar-refractivity contribution >= 4 is 44.8 Å². The van der Waals surface area contributed by atoms with Crippen molar-refractivity contribution < 1.29 is 26.4 Å². The van der Waals surface area contributed by atoms with Gasteiger partial charge in [0.2, 0.25) is 0 Å². The summed E-state index contributed by atoms with van der Waals surface area (Å²) in [7, 11) is -4.43. The summed E-state index contributed by atoms with van der Waals surface area (Å²) in [5.41, 5.74) is -1.59. The fraction of sp³-hybridized carbons (Fsp3) is 0.118. The molecular weight excluding hydrogens is 440 g/mol. The van der Waals surface area contributed by atoms with E-state index in [1.807, 2.05) is 4.72 Å². The van der Waals surface area contributed by atoms with Crippen LogP contribution in [0.4, 0.5) is 18.9 Å². The van der Waals surface area contributed by atoms with E-state index in [1.165, 1.54) is 0 Å². The average Bonchev–Trinajstić information content (AvgIpc) is 2.58. The number of anilines is 1. The van der Waals surface area contributed by atoms with Gasteiger partial charge in [-0.2, -0.15) is 13.2 Å². The second kappa shape index (κ2) is 8.31. The molecule has 2 aromatic rings. The van der Waals surface area contributed by atoms with E-state index in [0.717, 1.165) is 30.3 Å². The molecule has 0 fully saturated rings. The molecule has 5 nitrogen and oxygen atoms in total. The van der Waals surface area contributed by atoms with Crippen LogP contribution < -0.4 is 10.0 Å². The minimum absolute atomic E-state index is 0.123. The van der Waals surface area contributed by atoms with E-state index >= 15 is 0 Å². The second-order valence-electron chi connectivity index (χ2n) is 5.33. The highest BCUT2D eigenvalue weighted by Crippen LogP contribution is 2.33. The third kappa shape index (κ3) is 5.10. The molecule has 0 atom stereocenters. The minimum atomic E-state index is -4.65. The van der Waals surface area contributed by atoms with Crippen LogP contribution in [0.3, 0.4) is 0 Å². The van der Waals surface area contributed by atoms with Crippen molar-refractivity contribution in [3.8, 4) is 12.3 Å². The summed E-state index contributed by atoms with van der Waals surface area (Å²) in [5.74, 6) is 1.43. The lowest BCUT2D eigenvalue weighted by Gasteiger charge is -2.13. The van der Waals surface area contributed by atoms with E-state index in [-0.39, 0.29) is 27.8 Å². The van der Waals surface area contributed by atoms with Crippen LogP contribution in [-0.4, -0.2) is 20.9 Å². The van der Waals surface area contributed by atoms with E-state index in [0.29, 0.717) is 6.07 Å². The maximum atomic E-state index is 12.8. The van der Waals surface area contributed by atoms with Crippen molar-refractivity contribution in [2.45, 2.75) is 11.1 Å². The van der Waals surface area contributed by atoms with Gasteiger partial charge in [0.15, 0.2) is 0 Å². The van der Waals surface area contributed by atoms with Gasteiger partial charge in [0.25, 0.3) is 15.9 Å². The molecule has 28 heavy (non-hydrogen) atoms. The SMILES string of the molecule is C#CCNC(=O)c1cc(S(=O)(=O)Nc2cccc(C(F)(F)F)c2)c(Cl)cc1Cl. The first-order valence-corrected chi connectivity index (χ1v) is 9.60. The topological polar surface area (TPSA) is 75.3 Å². The molecule has 0 aromatic heterocycles. The summed E-state index contributed by atoms with van der Waals surface area (Å²) in [4.78, 5) is 11.5. The van der Waals surface area contributed by atoms with Crippen molar-refractivity contribution in [2.24, 2.45) is 0 Å². The fourth-order valence-electron chi connectivity index (χ4n) is 2.10. The predicted octanol–water partition coefficient (Wildman–Crippen LogP) is 4.18. The fourth-order valence-corrected chi connectivity index (χ4v) is 4.01. The van der Waals surface area contributed by atoms with E-state index in [2.05, 4.69) is 11.2 Å². The highest BCUT2D eigenvalue weighted by atomic mass is 35.5. The number of amides is 1. The van der Waals surface area contributed by atoms with E-state index < -0.39 is 32.6 Å². The first-order chi connectivity index (χ1) is 13.0. The quantitative estimate of drug-likeness (QED) is 0.671. The Bertz CT molecular complexity index is 1060. The molecule has 0 aliphatic rings. The maximum absolute atomic E-state index is 12.8. The number of carbonyl (C=O) groups excluding carboxylic acids is 1. The molecule has 0 saturated carbocycles. The Morgan fingerprint density at radius 1 is 1.14 bits per heavy atom. The summed E-state index contributed by atoms with van der Waals surface area (Å²) in [6.07, 6.45) is 0.389. The molecule has 0 unspecified atom stereocenters. The van der Waals surface area contributed by atoms with Crippen LogP contribution >= 0.6 is 23.2 Å². The van der Waals surface area contributed by atoms with Gasteiger partial charge in [-0.1, -0.05) is 35.2 Å². The number of carbonyl (C=O) groups is 1. The lowest BCUT2D eigenvalue weighted by atomic mass is 10.2. The molecule has 0 saturated heterocycles. The van der Waals surface area contributed by atoms with Gasteiger partial charge in [0, 0.05) is 5.69 Å². The van der Waals surface area contributed by atoms with Gasteiger partial charge < -0.3 is 5.32 Å². The van der Waals surface area contributed by atoms with Crippen LogP contribution in [0, 0.1) is 12.3 Å². The first kappa shape index (κ1) is 21.9. The number of terminal acetylenes is 1. The Labute approximate surface area is 168 Å². The van der Waals surface area contributed by atoms with Crippen molar-refractivity contribution in [1.29, 1.82) is 0 Å². The number of hydrogen-bond acceptors (Lipinski definition) is 3. The van der Waals surface area contributed by atoms with Crippen molar-refractivity contribution in [1.82, 2.24) is 5.32 Å². The van der Waals surface area contributed by atoms with Crippen molar-refractivity contribution in [3.63, 3.8) is 0 Å². The number of alkyl halides is 3. The number of rotatable bonds is 5. The normalized spacial score (nSPS) is 11.6. The second-order valence-corrected chi connectivity index (χ2v) is 7.80. The standard InChI is InChI=1S/C17H11Cl2F3N2O3S/c1-2-6-23-16(25)12-8-15(14(19)9-13(12)18)28(26,27)24-11-5-3-4-10(7-11)17(20,21)22/h1,3-5,7-9,24H,6H2,(H,23,25). The highest BCUT2D eigenvalue weighted by molar-refractivity contribution is 7.92. The van der Waals surface area contributed by atoms with E-state index in [1.54, 1.807) is 0 Å². The Kier molecular flexibility index (Phi) is 6.49. The molecule has 0 aliphatic heterocycles. The number of halogens is 5. The molecule has 2 N–H and O–H groups in total. The average molecular weight is 451 g/mol. The largest absolute Gasteiger partial charge is 0.416 e. The minimum Gasteiger partial charge on any atom is -0.341 e. The zero-order valence-electron chi connectivity index (χ0n) is 13.8. The van der Waals surface area contributed by atoms with Gasteiger partial charge in [-0.3, -0.25) is 9.52 Å². The molecule has 1 amide bonds. The Morgan fingerprint density at radius 2 is 1.82 bits per heavy atom. The van der Waals surface area contributed by atoms with Crippen LogP contribution in [0.15, 0.2) is 41.3 Å². The Morgan fingerprint density at radius 3 is 2.43 bits per heavy atom. The summed E-state index contributed by atoms with van der Waals surface area (Å²) in [6, 6.07) is 5.55. The van der Waals surface area contributed by atoms with Crippen molar-refractivity contribution in [2.75, 3.05) is 11.3 Å². The Balaban J connectivity index is 2.43. The first-order valence-electron chi connectivity index (χ1n) is 7.36. The number of benzene rings is 2. The molecule has 2 rings (SSSR count). The van der Waals surface area contributed by atoms with Crippen LogP contribution in [0.25, 0.3) is 0 Å². The maximum Gasteiger partial charge on any atom is 0.416 e. The van der Waals surface area contributed by atoms with E-state index in [4.69, 9.17) is 29.6 Å². The zero-order valence-corrected chi connectivity index (χ0v) is 16.1. The van der Waals surface area contributed by atoms with Gasteiger partial charge in [-0.25, -0.2) is 8.42 Å². The highest BCUT2D eigenvalue weighted by Gasteiger charge is 2.31. The van der Waals surface area contributed by atoms with Gasteiger partial charge in [-0.05, 0) is 30.3 Å². The lowest BCUT2D eigenvalue weighted by Crippen LogP contribution is -2.24. The summed E-state index contributed by atoms with van der Waals surface area (Å²) in [5, 5.41) is 1.87. The van der Waals surface area contributed by atoms with Crippen LogP contribution in [-0.2, 0) is 16.2 Å². The number of nitrogens with one attached hydrogen (secondary N) is 2. The monoisotopic (exact) mass is 450 g/mol. The molecular formula is C17H11Cl2F3N2O3S. The third-order valence-electron chi connectivity index (χ3n) is 3.35. The summed E-state index contributed by atoms with van der Waals surface area (Å²) in [6.45, 7) is -0.123. The smallest absolute Gasteiger partial charge is 0.341 e. The molecule has 148 valence electrons. The lowest BCUT2D eigenvalue weighted by molar-refractivity contribution is -0.137. The third-order valence-corrected chi connectivity index (χ3v) is 5.51. The molecule has 0 spiro atoms. The number of hydrogen-bond donors (Lipinski definition) is 2. The van der Waals surface area contributed by atoms with Crippen molar-refractivity contribution in [3.05, 3.63) is 57.6 Å². The summed E-state index contributed by atoms with van der Waals surface area (Å²) >= 11 is 11.8. The molecule has 0 bridgehead atoms. The molecule has 0 radical (unpaired) electrons. The Hall–Kier alpha value is -2.41. The van der Waals surface area contributed by atoms with Gasteiger partial charge in [0.05, 0.1) is 27.7 Å². The van der Waals surface area contributed by atoms with Crippen LogP contribution in [0.5, 0.6) is 0 Å². The van der Waals surface area contributed by atoms with Crippen LogP contribution in [0.2, 0.25) is 10.0 Å². The van der Waals surface area contributed by atoms with Gasteiger partial charge in [0.1, 0.15) is 4.90 Å². The predicted molar refractivity (Wildman–Crippen MR) is 99.9 cm³/mol. The molecule has 0 heterocycles. The molecule has 11 heteroatoms. The van der Waals surface area contributed by atoms with Gasteiger partial charge in [-0.15, -0.1) is 6.42 Å².